The third-order valence-corrected chi connectivity index (χ3v) is 3.40. The Labute approximate surface area is 124 Å². The molecular weight excluding hydrogens is 300 g/mol. The maximum Gasteiger partial charge on any atom is 0.273 e. The summed E-state index contributed by atoms with van der Waals surface area (Å²) in [4.78, 5) is 23.6. The topological polar surface area (TPSA) is 67.4 Å². The van der Waals surface area contributed by atoms with Gasteiger partial charge in [0, 0.05) is 10.4 Å². The van der Waals surface area contributed by atoms with Gasteiger partial charge in [-0.05, 0) is 29.6 Å². The van der Waals surface area contributed by atoms with Gasteiger partial charge in [-0.2, -0.15) is 11.3 Å². The van der Waals surface area contributed by atoms with Crippen molar-refractivity contribution in [2.75, 3.05) is 7.11 Å². The number of halogens is 1. The molecule has 0 bridgehead atoms. The first kappa shape index (κ1) is 14.4. The Hall–Kier alpha value is -2.05. The van der Waals surface area contributed by atoms with Crippen molar-refractivity contribution in [1.29, 1.82) is 0 Å². The van der Waals surface area contributed by atoms with E-state index in [1.54, 1.807) is 22.9 Å². The predicted octanol–water partition coefficient (Wildman–Crippen LogP) is 2.48. The van der Waals surface area contributed by atoms with E-state index < -0.39 is 5.91 Å². The summed E-state index contributed by atoms with van der Waals surface area (Å²) in [6.45, 7) is 0. The minimum absolute atomic E-state index is 0.280. The van der Waals surface area contributed by atoms with Crippen LogP contribution in [0.5, 0.6) is 5.75 Å². The van der Waals surface area contributed by atoms with Gasteiger partial charge in [-0.15, -0.1) is 0 Å². The van der Waals surface area contributed by atoms with Gasteiger partial charge >= 0.3 is 0 Å². The lowest BCUT2D eigenvalue weighted by atomic mass is 10.2. The summed E-state index contributed by atoms with van der Waals surface area (Å²) in [7, 11) is 1.44. The molecule has 2 rings (SSSR count). The van der Waals surface area contributed by atoms with Crippen LogP contribution < -0.4 is 15.6 Å². The van der Waals surface area contributed by atoms with Crippen molar-refractivity contribution in [2.45, 2.75) is 0 Å². The van der Waals surface area contributed by atoms with Gasteiger partial charge in [0.1, 0.15) is 5.75 Å². The van der Waals surface area contributed by atoms with E-state index in [9.17, 15) is 9.59 Å². The van der Waals surface area contributed by atoms with Crippen LogP contribution in [-0.2, 0) is 0 Å². The molecule has 5 nitrogen and oxygen atoms in total. The Balaban J connectivity index is 2.04. The molecule has 20 heavy (non-hydrogen) atoms. The number of carbonyl (C=O) groups excluding carboxylic acids is 2. The average Bonchev–Trinajstić information content (AvgIpc) is 2.98. The van der Waals surface area contributed by atoms with Crippen molar-refractivity contribution in [3.63, 3.8) is 0 Å². The molecule has 1 heterocycles. The van der Waals surface area contributed by atoms with E-state index in [0.29, 0.717) is 16.3 Å². The minimum atomic E-state index is -0.484. The molecule has 2 N–H and O–H groups in total. The van der Waals surface area contributed by atoms with Crippen LogP contribution >= 0.6 is 22.9 Å². The summed E-state index contributed by atoms with van der Waals surface area (Å²) < 4.78 is 5.07. The second-order valence-corrected chi connectivity index (χ2v) is 4.98. The minimum Gasteiger partial charge on any atom is -0.496 e. The Morgan fingerprint density at radius 1 is 1.20 bits per heavy atom. The van der Waals surface area contributed by atoms with Crippen molar-refractivity contribution in [1.82, 2.24) is 10.9 Å². The molecule has 0 aliphatic carbocycles. The SMILES string of the molecule is COc1cc(Cl)ccc1C(=O)NNC(=O)c1ccsc1. The lowest BCUT2D eigenvalue weighted by molar-refractivity contribution is 0.0845. The van der Waals surface area contributed by atoms with E-state index in [1.807, 2.05) is 0 Å². The maximum absolute atomic E-state index is 12.0. The Bertz CT molecular complexity index is 629. The van der Waals surface area contributed by atoms with Crippen LogP contribution in [0.1, 0.15) is 20.7 Å². The number of rotatable bonds is 3. The molecular formula is C13H11ClN2O3S. The van der Waals surface area contributed by atoms with Crippen LogP contribution in [0.3, 0.4) is 0 Å². The Morgan fingerprint density at radius 2 is 1.95 bits per heavy atom. The highest BCUT2D eigenvalue weighted by Crippen LogP contribution is 2.22. The smallest absolute Gasteiger partial charge is 0.273 e. The van der Waals surface area contributed by atoms with Gasteiger partial charge in [-0.25, -0.2) is 0 Å². The summed E-state index contributed by atoms with van der Waals surface area (Å²) in [6, 6.07) is 6.28. The zero-order valence-electron chi connectivity index (χ0n) is 10.5. The van der Waals surface area contributed by atoms with Crippen LogP contribution in [-0.4, -0.2) is 18.9 Å². The second kappa shape index (κ2) is 6.40. The molecule has 104 valence electrons. The number of carbonyl (C=O) groups is 2. The number of amides is 2. The quantitative estimate of drug-likeness (QED) is 0.856. The lowest BCUT2D eigenvalue weighted by Gasteiger charge is -2.10. The third-order valence-electron chi connectivity index (χ3n) is 2.48. The van der Waals surface area contributed by atoms with E-state index in [-0.39, 0.29) is 11.5 Å². The number of hydrogen-bond donors (Lipinski definition) is 2. The molecule has 0 spiro atoms. The number of hydrazine groups is 1. The maximum atomic E-state index is 12.0. The molecule has 2 aromatic rings. The zero-order valence-corrected chi connectivity index (χ0v) is 12.0. The fourth-order valence-electron chi connectivity index (χ4n) is 1.50. The van der Waals surface area contributed by atoms with Crippen LogP contribution in [0.25, 0.3) is 0 Å². The predicted molar refractivity (Wildman–Crippen MR) is 77.3 cm³/mol. The highest BCUT2D eigenvalue weighted by molar-refractivity contribution is 7.08. The van der Waals surface area contributed by atoms with Gasteiger partial charge in [-0.1, -0.05) is 11.6 Å². The molecule has 0 aliphatic heterocycles. The van der Waals surface area contributed by atoms with E-state index in [4.69, 9.17) is 16.3 Å². The van der Waals surface area contributed by atoms with E-state index in [0.717, 1.165) is 0 Å². The number of methoxy groups -OCH3 is 1. The molecule has 1 aromatic heterocycles. The second-order valence-electron chi connectivity index (χ2n) is 3.76. The van der Waals surface area contributed by atoms with Gasteiger partial charge in [0.05, 0.1) is 18.2 Å². The van der Waals surface area contributed by atoms with Crippen LogP contribution in [0.4, 0.5) is 0 Å². The summed E-state index contributed by atoms with van der Waals surface area (Å²) in [5.74, 6) is -0.533. The first-order chi connectivity index (χ1) is 9.61. The van der Waals surface area contributed by atoms with Crippen LogP contribution in [0, 0.1) is 0 Å². The zero-order chi connectivity index (χ0) is 14.5. The highest BCUT2D eigenvalue weighted by Gasteiger charge is 2.14. The van der Waals surface area contributed by atoms with Gasteiger partial charge in [0.2, 0.25) is 0 Å². The van der Waals surface area contributed by atoms with Crippen molar-refractivity contribution in [3.05, 3.63) is 51.2 Å². The van der Waals surface area contributed by atoms with Crippen molar-refractivity contribution in [3.8, 4) is 5.75 Å². The largest absolute Gasteiger partial charge is 0.496 e. The summed E-state index contributed by atoms with van der Waals surface area (Å²) in [5.41, 5.74) is 5.42. The molecule has 2 amide bonds. The molecule has 1 aromatic carbocycles. The van der Waals surface area contributed by atoms with Crippen LogP contribution in [0.2, 0.25) is 5.02 Å². The molecule has 0 fully saturated rings. The molecule has 0 unspecified atom stereocenters. The number of thiophene rings is 1. The Morgan fingerprint density at radius 3 is 2.60 bits per heavy atom. The molecule has 0 atom stereocenters. The first-order valence-electron chi connectivity index (χ1n) is 5.58. The number of benzene rings is 1. The average molecular weight is 311 g/mol. The summed E-state index contributed by atoms with van der Waals surface area (Å²) in [5, 5.41) is 3.92. The van der Waals surface area contributed by atoms with E-state index in [2.05, 4.69) is 10.9 Å². The normalized spacial score (nSPS) is 9.90. The first-order valence-corrected chi connectivity index (χ1v) is 6.90. The third kappa shape index (κ3) is 3.28. The molecule has 0 radical (unpaired) electrons. The summed E-state index contributed by atoms with van der Waals surface area (Å²) >= 11 is 7.21. The van der Waals surface area contributed by atoms with Gasteiger partial charge in [-0.3, -0.25) is 20.4 Å². The molecule has 0 saturated carbocycles. The van der Waals surface area contributed by atoms with Gasteiger partial charge in [0.15, 0.2) is 0 Å². The fraction of sp³-hybridized carbons (Fsp3) is 0.0769. The van der Waals surface area contributed by atoms with Gasteiger partial charge < -0.3 is 4.74 Å². The fourth-order valence-corrected chi connectivity index (χ4v) is 2.30. The molecule has 0 aliphatic rings. The van der Waals surface area contributed by atoms with Crippen LogP contribution in [0.15, 0.2) is 35.0 Å². The van der Waals surface area contributed by atoms with Crippen molar-refractivity contribution < 1.29 is 14.3 Å². The highest BCUT2D eigenvalue weighted by atomic mass is 35.5. The van der Waals surface area contributed by atoms with Crippen molar-refractivity contribution in [2.24, 2.45) is 0 Å². The Kier molecular flexibility index (Phi) is 4.60. The summed E-state index contributed by atoms with van der Waals surface area (Å²) in [6.07, 6.45) is 0. The van der Waals surface area contributed by atoms with E-state index in [1.165, 1.54) is 30.6 Å². The van der Waals surface area contributed by atoms with E-state index >= 15 is 0 Å². The number of hydrogen-bond acceptors (Lipinski definition) is 4. The van der Waals surface area contributed by atoms with Crippen molar-refractivity contribution >= 4 is 34.8 Å². The van der Waals surface area contributed by atoms with Gasteiger partial charge in [0.25, 0.3) is 11.8 Å². The number of nitrogens with one attached hydrogen (secondary N) is 2. The number of ether oxygens (including phenoxy) is 1. The monoisotopic (exact) mass is 310 g/mol. The molecule has 7 heteroatoms. The lowest BCUT2D eigenvalue weighted by Crippen LogP contribution is -2.41. The standard InChI is InChI=1S/C13H11ClN2O3S/c1-19-11-6-9(14)2-3-10(11)13(18)16-15-12(17)8-4-5-20-7-8/h2-7H,1H3,(H,15,17)(H,16,18). The molecule has 0 saturated heterocycles.